The molecule has 2 atom stereocenters. The molecule has 6 nitrogen and oxygen atoms in total. The van der Waals surface area contributed by atoms with Crippen LogP contribution in [0.4, 0.5) is 5.69 Å². The molecule has 1 saturated heterocycles. The summed E-state index contributed by atoms with van der Waals surface area (Å²) in [5.74, 6) is -0.134. The lowest BCUT2D eigenvalue weighted by molar-refractivity contribution is -0.909. The van der Waals surface area contributed by atoms with Crippen molar-refractivity contribution in [2.75, 3.05) is 24.4 Å². The first-order valence-electron chi connectivity index (χ1n) is 9.95. The summed E-state index contributed by atoms with van der Waals surface area (Å²) in [4.78, 5) is 13.9. The number of sulfonamides is 1. The molecule has 154 valence electrons. The van der Waals surface area contributed by atoms with Crippen LogP contribution in [0.3, 0.4) is 0 Å². The highest BCUT2D eigenvalue weighted by atomic mass is 32.2. The third kappa shape index (κ3) is 6.17. The molecule has 2 aromatic rings. The van der Waals surface area contributed by atoms with Gasteiger partial charge in [-0.05, 0) is 42.8 Å². The normalized spacial score (nSPS) is 19.3. The van der Waals surface area contributed by atoms with Gasteiger partial charge in [-0.15, -0.1) is 0 Å². The van der Waals surface area contributed by atoms with Crippen LogP contribution in [0, 0.1) is 0 Å². The fourth-order valence-corrected chi connectivity index (χ4v) is 4.50. The van der Waals surface area contributed by atoms with Crippen molar-refractivity contribution >= 4 is 27.7 Å². The van der Waals surface area contributed by atoms with E-state index in [1.807, 2.05) is 30.3 Å². The lowest BCUT2D eigenvalue weighted by atomic mass is 10.1. The maximum Gasteiger partial charge on any atom is 0.255 e. The standard InChI is InChI=1S/C22H27N3O3S/c1-2-25-15-6-9-21(25)17-23-22(26)19-10-12-20(13-11-19)24-29(27,28)16-14-18-7-4-3-5-8-18/h3-5,7-8,10-14,16,21,24H,2,6,9,15,17H2,1H3,(H,23,26)/p+1/b16-14+/t21-/m1/s1. The van der Waals surface area contributed by atoms with Gasteiger partial charge in [0.2, 0.25) is 0 Å². The number of anilines is 1. The fraction of sp³-hybridized carbons (Fsp3) is 0.318. The number of carbonyl (C=O) groups excluding carboxylic acids is 1. The van der Waals surface area contributed by atoms with E-state index < -0.39 is 10.0 Å². The van der Waals surface area contributed by atoms with Gasteiger partial charge in [-0.2, -0.15) is 0 Å². The molecule has 0 radical (unpaired) electrons. The average Bonchev–Trinajstić information content (AvgIpc) is 3.19. The Morgan fingerprint density at radius 3 is 2.55 bits per heavy atom. The molecule has 0 bridgehead atoms. The van der Waals surface area contributed by atoms with Gasteiger partial charge in [0.25, 0.3) is 15.9 Å². The van der Waals surface area contributed by atoms with Crippen molar-refractivity contribution in [1.29, 1.82) is 0 Å². The summed E-state index contributed by atoms with van der Waals surface area (Å²) in [7, 11) is -3.63. The molecule has 1 fully saturated rings. The van der Waals surface area contributed by atoms with Crippen molar-refractivity contribution < 1.29 is 18.1 Å². The fourth-order valence-electron chi connectivity index (χ4n) is 3.63. The molecule has 3 N–H and O–H groups in total. The van der Waals surface area contributed by atoms with Gasteiger partial charge in [0.15, 0.2) is 0 Å². The first-order valence-corrected chi connectivity index (χ1v) is 11.5. The minimum absolute atomic E-state index is 0.134. The number of hydrogen-bond donors (Lipinski definition) is 3. The molecule has 1 heterocycles. The van der Waals surface area contributed by atoms with E-state index in [-0.39, 0.29) is 5.91 Å². The molecule has 0 aliphatic carbocycles. The average molecular weight is 415 g/mol. The predicted molar refractivity (Wildman–Crippen MR) is 116 cm³/mol. The first-order chi connectivity index (χ1) is 14.0. The van der Waals surface area contributed by atoms with Gasteiger partial charge < -0.3 is 10.2 Å². The quantitative estimate of drug-likeness (QED) is 0.617. The van der Waals surface area contributed by atoms with Crippen LogP contribution in [-0.2, 0) is 10.0 Å². The number of amides is 1. The molecule has 1 aliphatic rings. The number of likely N-dealkylation sites (tertiary alicyclic amines) is 1. The van der Waals surface area contributed by atoms with Crippen LogP contribution in [0.25, 0.3) is 6.08 Å². The van der Waals surface area contributed by atoms with Crippen molar-refractivity contribution in [3.8, 4) is 0 Å². The number of rotatable bonds is 8. The van der Waals surface area contributed by atoms with Gasteiger partial charge in [0.05, 0.1) is 25.0 Å². The number of carbonyl (C=O) groups is 1. The Labute approximate surface area is 172 Å². The number of nitrogens with one attached hydrogen (secondary N) is 3. The maximum absolute atomic E-state index is 12.4. The summed E-state index contributed by atoms with van der Waals surface area (Å²) in [5.41, 5.74) is 1.73. The maximum atomic E-state index is 12.4. The number of quaternary nitrogens is 1. The van der Waals surface area contributed by atoms with E-state index in [1.54, 1.807) is 29.2 Å². The molecule has 2 aromatic carbocycles. The third-order valence-corrected chi connectivity index (χ3v) is 6.25. The Hall–Kier alpha value is -2.64. The van der Waals surface area contributed by atoms with Crippen LogP contribution < -0.4 is 14.9 Å². The van der Waals surface area contributed by atoms with Gasteiger partial charge in [-0.1, -0.05) is 30.3 Å². The summed E-state index contributed by atoms with van der Waals surface area (Å²) in [6.45, 7) is 5.09. The van der Waals surface area contributed by atoms with Gasteiger partial charge in [-0.25, -0.2) is 8.42 Å². The zero-order valence-corrected chi connectivity index (χ0v) is 17.4. The van der Waals surface area contributed by atoms with Gasteiger partial charge >= 0.3 is 0 Å². The third-order valence-electron chi connectivity index (χ3n) is 5.24. The number of hydrogen-bond acceptors (Lipinski definition) is 3. The highest BCUT2D eigenvalue weighted by Crippen LogP contribution is 2.13. The van der Waals surface area contributed by atoms with Crippen LogP contribution in [-0.4, -0.2) is 40.0 Å². The molecule has 0 spiro atoms. The van der Waals surface area contributed by atoms with Crippen LogP contribution in [0.2, 0.25) is 0 Å². The predicted octanol–water partition coefficient (Wildman–Crippen LogP) is 1.90. The van der Waals surface area contributed by atoms with E-state index >= 15 is 0 Å². The van der Waals surface area contributed by atoms with Crippen molar-refractivity contribution in [3.05, 3.63) is 71.1 Å². The molecule has 0 aromatic heterocycles. The Kier molecular flexibility index (Phi) is 7.06. The van der Waals surface area contributed by atoms with Crippen LogP contribution in [0.1, 0.15) is 35.7 Å². The Bertz CT molecular complexity index is 941. The highest BCUT2D eigenvalue weighted by molar-refractivity contribution is 7.95. The molecule has 3 rings (SSSR count). The SMILES string of the molecule is CC[NH+]1CCC[C@@H]1CNC(=O)c1ccc(NS(=O)(=O)/C=C/c2ccccc2)cc1. The van der Waals surface area contributed by atoms with Gasteiger partial charge in [0, 0.05) is 24.1 Å². The van der Waals surface area contributed by atoms with Crippen LogP contribution in [0.5, 0.6) is 0 Å². The summed E-state index contributed by atoms with van der Waals surface area (Å²) < 4.78 is 26.9. The molecule has 7 heteroatoms. The summed E-state index contributed by atoms with van der Waals surface area (Å²) in [6.07, 6.45) is 3.88. The summed E-state index contributed by atoms with van der Waals surface area (Å²) >= 11 is 0. The molecule has 1 unspecified atom stereocenters. The zero-order valence-electron chi connectivity index (χ0n) is 16.6. The van der Waals surface area contributed by atoms with Crippen molar-refractivity contribution in [2.24, 2.45) is 0 Å². The molecule has 1 amide bonds. The largest absolute Gasteiger partial charge is 0.346 e. The van der Waals surface area contributed by atoms with Gasteiger partial charge in [0.1, 0.15) is 6.04 Å². The molecule has 29 heavy (non-hydrogen) atoms. The van der Waals surface area contributed by atoms with Crippen molar-refractivity contribution in [2.45, 2.75) is 25.8 Å². The van der Waals surface area contributed by atoms with Gasteiger partial charge in [-0.3, -0.25) is 9.52 Å². The minimum Gasteiger partial charge on any atom is -0.346 e. The second-order valence-electron chi connectivity index (χ2n) is 7.25. The van der Waals surface area contributed by atoms with E-state index in [4.69, 9.17) is 0 Å². The number of benzene rings is 2. The molecule has 0 saturated carbocycles. The van der Waals surface area contributed by atoms with Crippen LogP contribution in [0.15, 0.2) is 60.0 Å². The van der Waals surface area contributed by atoms with Crippen molar-refractivity contribution in [3.63, 3.8) is 0 Å². The second-order valence-corrected chi connectivity index (χ2v) is 8.82. The Balaban J connectivity index is 1.55. The molecular formula is C22H28N3O3S+. The van der Waals surface area contributed by atoms with E-state index in [2.05, 4.69) is 17.0 Å². The highest BCUT2D eigenvalue weighted by Gasteiger charge is 2.27. The van der Waals surface area contributed by atoms with Crippen LogP contribution >= 0.6 is 0 Å². The van der Waals surface area contributed by atoms with E-state index in [9.17, 15) is 13.2 Å². The molecule has 1 aliphatic heterocycles. The lowest BCUT2D eigenvalue weighted by Crippen LogP contribution is -3.14. The van der Waals surface area contributed by atoms with E-state index in [1.165, 1.54) is 19.0 Å². The second kappa shape index (κ2) is 9.71. The lowest BCUT2D eigenvalue weighted by Gasteiger charge is -2.20. The first kappa shape index (κ1) is 21.1. The monoisotopic (exact) mass is 414 g/mol. The minimum atomic E-state index is -3.63. The zero-order chi connectivity index (χ0) is 20.7. The summed E-state index contributed by atoms with van der Waals surface area (Å²) in [6, 6.07) is 16.2. The topological polar surface area (TPSA) is 79.7 Å². The number of likely N-dealkylation sites (N-methyl/N-ethyl adjacent to an activating group) is 1. The Morgan fingerprint density at radius 2 is 1.86 bits per heavy atom. The summed E-state index contributed by atoms with van der Waals surface area (Å²) in [5, 5.41) is 4.13. The van der Waals surface area contributed by atoms with E-state index in [0.29, 0.717) is 23.8 Å². The smallest absolute Gasteiger partial charge is 0.255 e. The molecular weight excluding hydrogens is 386 g/mol. The van der Waals surface area contributed by atoms with E-state index in [0.717, 1.165) is 23.9 Å². The Morgan fingerprint density at radius 1 is 1.14 bits per heavy atom. The van der Waals surface area contributed by atoms with Crippen molar-refractivity contribution in [1.82, 2.24) is 5.32 Å².